The lowest BCUT2D eigenvalue weighted by molar-refractivity contribution is 1.83. The van der Waals surface area contributed by atoms with Crippen LogP contribution in [-0.4, -0.2) is 34.9 Å². The van der Waals surface area contributed by atoms with Crippen molar-refractivity contribution in [3.8, 4) is 0 Å². The van der Waals surface area contributed by atoms with Crippen molar-refractivity contribution in [2.24, 2.45) is 0 Å². The minimum Gasteiger partial charge on any atom is -0.175 e. The van der Waals surface area contributed by atoms with Crippen molar-refractivity contribution in [2.75, 3.05) is 0 Å². The van der Waals surface area contributed by atoms with E-state index in [0.717, 1.165) is 0 Å². The number of hydrogen-bond acceptors (Lipinski definition) is 0. The molecule has 1 fully saturated rings. The summed E-state index contributed by atoms with van der Waals surface area (Å²) in [5, 5.41) is 0. The third-order valence-corrected chi connectivity index (χ3v) is 140. The second kappa shape index (κ2) is 3.23. The van der Waals surface area contributed by atoms with Gasteiger partial charge in [-0.05, 0) is 0 Å². The van der Waals surface area contributed by atoms with E-state index in [-0.39, 0.29) is 0 Å². The van der Waals surface area contributed by atoms with Crippen LogP contribution >= 0.6 is 11.1 Å². The molecule has 1 saturated heterocycles. The quantitative estimate of drug-likeness (QED) is 0.468. The number of halogens is 1. The first-order valence-corrected chi connectivity index (χ1v) is 26.5. The van der Waals surface area contributed by atoms with E-state index in [1.54, 1.807) is 0 Å². The first-order chi connectivity index (χ1) is 6.25. The standard InChI is InChI=1S/C9H27ClSi5/c1-11(2)12(3,4)14(7,8)15(9,10)13(11,5)6/h1-9H3. The summed E-state index contributed by atoms with van der Waals surface area (Å²) < 4.78 is 0. The fourth-order valence-corrected chi connectivity index (χ4v) is 210. The third-order valence-electron chi connectivity index (χ3n) is 7.03. The average molecular weight is 311 g/mol. The molecule has 0 aromatic heterocycles. The molecule has 0 aromatic carbocycles. The molecule has 0 amide bonds. The largest absolute Gasteiger partial charge is 0.175 e. The van der Waals surface area contributed by atoms with Gasteiger partial charge in [0.2, 0.25) is 0 Å². The van der Waals surface area contributed by atoms with E-state index >= 15 is 0 Å². The lowest BCUT2D eigenvalue weighted by Gasteiger charge is -2.43. The molecule has 0 aliphatic carbocycles. The van der Waals surface area contributed by atoms with E-state index < -0.39 is 34.9 Å². The zero-order valence-corrected chi connectivity index (χ0v) is 17.6. The van der Waals surface area contributed by atoms with Crippen molar-refractivity contribution in [2.45, 2.75) is 58.9 Å². The van der Waals surface area contributed by atoms with Crippen LogP contribution < -0.4 is 0 Å². The van der Waals surface area contributed by atoms with Crippen molar-refractivity contribution >= 4 is 45.9 Å². The molecule has 0 N–H and O–H groups in total. The molecule has 0 radical (unpaired) electrons. The summed E-state index contributed by atoms with van der Waals surface area (Å²) in [6.45, 7) is 23.9. The summed E-state index contributed by atoms with van der Waals surface area (Å²) in [5.41, 5.74) is 0. The second-order valence-corrected chi connectivity index (χ2v) is 70.2. The SMILES string of the molecule is C[Si]1(C)[Si](C)(C)[Si](C)(C)[Si](C)(Cl)[Si]1(C)C. The fraction of sp³-hybridized carbons (Fsp3) is 1.00. The molecule has 1 aliphatic heterocycles. The Kier molecular flexibility index (Phi) is 3.11. The number of hydrogen-bond donors (Lipinski definition) is 0. The Bertz CT molecular complexity index is 203. The molecule has 1 heterocycles. The molecule has 0 aromatic rings. The van der Waals surface area contributed by atoms with Crippen LogP contribution in [0.5, 0.6) is 0 Å². The highest BCUT2D eigenvalue weighted by atomic mass is 35.6. The van der Waals surface area contributed by atoms with E-state index in [9.17, 15) is 0 Å². The van der Waals surface area contributed by atoms with E-state index in [1.807, 2.05) is 0 Å². The van der Waals surface area contributed by atoms with Gasteiger partial charge in [-0.15, -0.1) is 0 Å². The summed E-state index contributed by atoms with van der Waals surface area (Å²) >= 11 is 7.25. The van der Waals surface area contributed by atoms with Gasteiger partial charge < -0.3 is 0 Å². The van der Waals surface area contributed by atoms with Gasteiger partial charge in [0.1, 0.15) is 6.42 Å². The normalized spacial score (nSPS) is 34.0. The smallest absolute Gasteiger partial charge is 0.130 e. The van der Waals surface area contributed by atoms with Crippen molar-refractivity contribution in [1.29, 1.82) is 0 Å². The lowest BCUT2D eigenvalue weighted by atomic mass is 11.9. The monoisotopic (exact) mass is 310 g/mol. The minimum absolute atomic E-state index is 0.997. The van der Waals surface area contributed by atoms with Gasteiger partial charge in [-0.25, -0.2) is 0 Å². The zero-order valence-electron chi connectivity index (χ0n) is 11.9. The lowest BCUT2D eigenvalue weighted by Crippen LogP contribution is -2.69. The molecule has 0 atom stereocenters. The molecule has 90 valence electrons. The maximum atomic E-state index is 7.25. The van der Waals surface area contributed by atoms with Crippen LogP contribution in [-0.2, 0) is 0 Å². The van der Waals surface area contributed by atoms with Gasteiger partial charge in [-0.2, -0.15) is 11.1 Å². The Hall–Kier alpha value is 1.37. The van der Waals surface area contributed by atoms with Gasteiger partial charge in [0.25, 0.3) is 0 Å². The molecule has 0 bridgehead atoms. The summed E-state index contributed by atoms with van der Waals surface area (Å²) in [5.74, 6) is 0. The van der Waals surface area contributed by atoms with E-state index in [2.05, 4.69) is 58.9 Å². The third kappa shape index (κ3) is 1.28. The highest BCUT2D eigenvalue weighted by Gasteiger charge is 2.77. The summed E-state index contributed by atoms with van der Waals surface area (Å²) in [6.07, 6.45) is -1.39. The Morgan fingerprint density at radius 2 is 0.667 bits per heavy atom. The topological polar surface area (TPSA) is 0 Å². The Morgan fingerprint density at radius 1 is 0.467 bits per heavy atom. The van der Waals surface area contributed by atoms with Gasteiger partial charge in [-0.3, -0.25) is 0 Å². The van der Waals surface area contributed by atoms with Crippen LogP contribution in [0.4, 0.5) is 0 Å². The number of rotatable bonds is 0. The van der Waals surface area contributed by atoms with Crippen LogP contribution in [0.25, 0.3) is 0 Å². The first kappa shape index (κ1) is 14.4. The summed E-state index contributed by atoms with van der Waals surface area (Å²) in [6, 6.07) is 0. The molecule has 1 aliphatic rings. The minimum atomic E-state index is -1.39. The van der Waals surface area contributed by atoms with Gasteiger partial charge >= 0.3 is 0 Å². The van der Waals surface area contributed by atoms with E-state index in [1.165, 1.54) is 0 Å². The fourth-order valence-electron chi connectivity index (χ4n) is 3.52. The molecule has 15 heavy (non-hydrogen) atoms. The Labute approximate surface area is 105 Å². The molecular weight excluding hydrogens is 284 g/mol. The van der Waals surface area contributed by atoms with Crippen molar-refractivity contribution in [3.05, 3.63) is 0 Å². The Balaban J connectivity index is 3.55. The zero-order chi connectivity index (χ0) is 12.5. The molecule has 6 heteroatoms. The summed E-state index contributed by atoms with van der Waals surface area (Å²) in [4.78, 5) is 0. The molecule has 0 saturated carbocycles. The van der Waals surface area contributed by atoms with E-state index in [0.29, 0.717) is 0 Å². The van der Waals surface area contributed by atoms with Crippen LogP contribution in [0, 0.1) is 0 Å². The highest BCUT2D eigenvalue weighted by molar-refractivity contribution is 8.18. The Morgan fingerprint density at radius 3 is 0.733 bits per heavy atom. The first-order valence-electron chi connectivity index (χ1n) is 5.94. The van der Waals surface area contributed by atoms with Crippen molar-refractivity contribution in [3.63, 3.8) is 0 Å². The van der Waals surface area contributed by atoms with Crippen LogP contribution in [0.2, 0.25) is 58.9 Å². The summed E-state index contributed by atoms with van der Waals surface area (Å²) in [7, 11) is -4.19. The van der Waals surface area contributed by atoms with Gasteiger partial charge in [0.05, 0.1) is 0 Å². The average Bonchev–Trinajstić information content (AvgIpc) is 2.04. The van der Waals surface area contributed by atoms with Crippen LogP contribution in [0.1, 0.15) is 0 Å². The van der Waals surface area contributed by atoms with Crippen LogP contribution in [0.3, 0.4) is 0 Å². The predicted octanol–water partition coefficient (Wildman–Crippen LogP) is 4.04. The van der Waals surface area contributed by atoms with Gasteiger partial charge in [0, 0.05) is 28.4 Å². The van der Waals surface area contributed by atoms with Crippen LogP contribution in [0.15, 0.2) is 0 Å². The van der Waals surface area contributed by atoms with Crippen molar-refractivity contribution < 1.29 is 0 Å². The second-order valence-electron chi connectivity index (χ2n) is 7.50. The molecule has 1 rings (SSSR count). The molecular formula is C9H27ClSi5. The predicted molar refractivity (Wildman–Crippen MR) is 87.4 cm³/mol. The molecule has 0 nitrogen and oxygen atoms in total. The molecule has 0 spiro atoms. The van der Waals surface area contributed by atoms with Gasteiger partial charge in [0.15, 0.2) is 0 Å². The maximum Gasteiger partial charge on any atom is 0.130 e. The van der Waals surface area contributed by atoms with E-state index in [4.69, 9.17) is 11.1 Å². The van der Waals surface area contributed by atoms with Gasteiger partial charge in [-0.1, -0.05) is 58.9 Å². The molecule has 0 unspecified atom stereocenters. The maximum absolute atomic E-state index is 7.25. The highest BCUT2D eigenvalue weighted by Crippen LogP contribution is 2.52. The van der Waals surface area contributed by atoms with Crippen molar-refractivity contribution in [1.82, 2.24) is 0 Å².